The lowest BCUT2D eigenvalue weighted by Crippen LogP contribution is -2.52. The number of nitrogens with zero attached hydrogens (tertiary/aromatic N) is 5. The summed E-state index contributed by atoms with van der Waals surface area (Å²) >= 11 is 5.85. The standard InChI is InChI=1S/C18H18ClN5O3/c1-11-15(18(22-27-11)12-3-4-16(19)20-6-12)10-24-17(25)5-13(7-21-24)23-8-14(9-23)26-2/h3-7,14H,8-10H2,1-2H3. The van der Waals surface area contributed by atoms with Gasteiger partial charge in [-0.2, -0.15) is 5.10 Å². The van der Waals surface area contributed by atoms with Crippen LogP contribution in [-0.2, 0) is 11.3 Å². The van der Waals surface area contributed by atoms with Gasteiger partial charge >= 0.3 is 0 Å². The fraction of sp³-hybridized carbons (Fsp3) is 0.333. The Labute approximate surface area is 160 Å². The highest BCUT2D eigenvalue weighted by Crippen LogP contribution is 2.26. The molecule has 0 aromatic carbocycles. The van der Waals surface area contributed by atoms with Crippen molar-refractivity contribution in [2.24, 2.45) is 0 Å². The third-order valence-corrected chi connectivity index (χ3v) is 4.92. The van der Waals surface area contributed by atoms with Gasteiger partial charge in [-0.05, 0) is 19.1 Å². The molecule has 0 spiro atoms. The lowest BCUT2D eigenvalue weighted by molar-refractivity contribution is 0.0787. The number of aryl methyl sites for hydroxylation is 1. The number of hydrogen-bond donors (Lipinski definition) is 0. The van der Waals surface area contributed by atoms with Crippen molar-refractivity contribution >= 4 is 17.3 Å². The van der Waals surface area contributed by atoms with E-state index in [1.165, 1.54) is 4.68 Å². The number of rotatable bonds is 5. The van der Waals surface area contributed by atoms with Gasteiger partial charge in [0.15, 0.2) is 0 Å². The Kier molecular flexibility index (Phi) is 4.67. The molecule has 27 heavy (non-hydrogen) atoms. The normalized spacial score (nSPS) is 14.4. The zero-order valence-electron chi connectivity index (χ0n) is 14.9. The van der Waals surface area contributed by atoms with E-state index in [1.54, 1.807) is 38.6 Å². The van der Waals surface area contributed by atoms with Crippen LogP contribution in [0.5, 0.6) is 0 Å². The molecule has 1 fully saturated rings. The van der Waals surface area contributed by atoms with E-state index in [9.17, 15) is 4.79 Å². The van der Waals surface area contributed by atoms with Crippen LogP contribution in [0.15, 0.2) is 39.9 Å². The highest BCUT2D eigenvalue weighted by molar-refractivity contribution is 6.29. The Balaban J connectivity index is 1.59. The Morgan fingerprint density at radius 2 is 2.15 bits per heavy atom. The average molecular weight is 388 g/mol. The molecule has 0 saturated carbocycles. The lowest BCUT2D eigenvalue weighted by Gasteiger charge is -2.39. The molecule has 8 nitrogen and oxygen atoms in total. The minimum absolute atomic E-state index is 0.186. The molecule has 0 atom stereocenters. The van der Waals surface area contributed by atoms with E-state index in [2.05, 4.69) is 20.1 Å². The minimum atomic E-state index is -0.186. The van der Waals surface area contributed by atoms with E-state index in [4.69, 9.17) is 20.9 Å². The second kappa shape index (κ2) is 7.13. The largest absolute Gasteiger partial charge is 0.378 e. The van der Waals surface area contributed by atoms with Gasteiger partial charge in [-0.15, -0.1) is 0 Å². The number of hydrogen-bond acceptors (Lipinski definition) is 7. The maximum atomic E-state index is 12.5. The van der Waals surface area contributed by atoms with Gasteiger partial charge in [-0.1, -0.05) is 16.8 Å². The number of pyridine rings is 1. The molecule has 140 valence electrons. The molecule has 0 unspecified atom stereocenters. The van der Waals surface area contributed by atoms with Crippen LogP contribution in [0.25, 0.3) is 11.3 Å². The van der Waals surface area contributed by atoms with Crippen molar-refractivity contribution in [2.45, 2.75) is 19.6 Å². The van der Waals surface area contributed by atoms with Crippen LogP contribution in [0.4, 0.5) is 5.69 Å². The van der Waals surface area contributed by atoms with Crippen LogP contribution in [0.1, 0.15) is 11.3 Å². The van der Waals surface area contributed by atoms with Gasteiger partial charge in [-0.3, -0.25) is 4.79 Å². The van der Waals surface area contributed by atoms with E-state index in [1.807, 2.05) is 6.07 Å². The molecule has 4 heterocycles. The summed E-state index contributed by atoms with van der Waals surface area (Å²) < 4.78 is 12.0. The maximum Gasteiger partial charge on any atom is 0.269 e. The number of aromatic nitrogens is 4. The van der Waals surface area contributed by atoms with Gasteiger partial charge in [0.1, 0.15) is 16.6 Å². The summed E-state index contributed by atoms with van der Waals surface area (Å²) in [4.78, 5) is 18.7. The molecule has 0 radical (unpaired) electrons. The van der Waals surface area contributed by atoms with Crippen molar-refractivity contribution < 1.29 is 9.26 Å². The molecule has 1 aliphatic rings. The highest BCUT2D eigenvalue weighted by Gasteiger charge is 2.27. The van der Waals surface area contributed by atoms with E-state index in [0.717, 1.165) is 29.9 Å². The second-order valence-electron chi connectivity index (χ2n) is 6.41. The zero-order valence-corrected chi connectivity index (χ0v) is 15.7. The SMILES string of the molecule is COC1CN(c2cnn(Cc3c(-c4ccc(Cl)nc4)noc3C)c(=O)c2)C1. The van der Waals surface area contributed by atoms with E-state index in [-0.39, 0.29) is 18.2 Å². The molecule has 9 heteroatoms. The molecule has 1 saturated heterocycles. The van der Waals surface area contributed by atoms with Crippen molar-refractivity contribution in [1.82, 2.24) is 19.9 Å². The molecule has 4 rings (SSSR count). The van der Waals surface area contributed by atoms with Crippen molar-refractivity contribution in [1.29, 1.82) is 0 Å². The first-order chi connectivity index (χ1) is 13.0. The summed E-state index contributed by atoms with van der Waals surface area (Å²) in [7, 11) is 1.69. The minimum Gasteiger partial charge on any atom is -0.378 e. The molecular formula is C18H18ClN5O3. The number of methoxy groups -OCH3 is 1. The average Bonchev–Trinajstić information content (AvgIpc) is 2.98. The van der Waals surface area contributed by atoms with Gasteiger partial charge in [0.2, 0.25) is 0 Å². The Hall–Kier alpha value is -2.71. The monoisotopic (exact) mass is 387 g/mol. The fourth-order valence-electron chi connectivity index (χ4n) is 2.98. The summed E-state index contributed by atoms with van der Waals surface area (Å²) in [6.45, 7) is 3.59. The van der Waals surface area contributed by atoms with Crippen LogP contribution in [-0.4, -0.2) is 46.2 Å². The summed E-state index contributed by atoms with van der Waals surface area (Å²) in [5.74, 6) is 0.628. The summed E-state index contributed by atoms with van der Waals surface area (Å²) in [6.07, 6.45) is 3.53. The molecule has 0 amide bonds. The number of halogens is 1. The van der Waals surface area contributed by atoms with E-state index < -0.39 is 0 Å². The van der Waals surface area contributed by atoms with Crippen LogP contribution in [0.2, 0.25) is 5.15 Å². The molecule has 3 aromatic rings. The van der Waals surface area contributed by atoms with Gasteiger partial charge in [0.25, 0.3) is 5.56 Å². The summed E-state index contributed by atoms with van der Waals surface area (Å²) in [6, 6.07) is 5.08. The van der Waals surface area contributed by atoms with E-state index >= 15 is 0 Å². The quantitative estimate of drug-likeness (QED) is 0.620. The van der Waals surface area contributed by atoms with Crippen molar-refractivity contribution in [3.63, 3.8) is 0 Å². The predicted octanol–water partition coefficient (Wildman–Crippen LogP) is 2.14. The summed E-state index contributed by atoms with van der Waals surface area (Å²) in [5.41, 5.74) is 2.79. The third kappa shape index (κ3) is 3.45. The van der Waals surface area contributed by atoms with Crippen LogP contribution < -0.4 is 10.5 Å². The van der Waals surface area contributed by atoms with Crippen LogP contribution in [0, 0.1) is 6.92 Å². The summed E-state index contributed by atoms with van der Waals surface area (Å²) in [5, 5.41) is 8.82. The van der Waals surface area contributed by atoms with Crippen molar-refractivity contribution in [2.75, 3.05) is 25.1 Å². The van der Waals surface area contributed by atoms with Gasteiger partial charge in [0, 0.05) is 43.6 Å². The molecule has 0 aliphatic carbocycles. The van der Waals surface area contributed by atoms with Crippen molar-refractivity contribution in [3.05, 3.63) is 57.4 Å². The number of anilines is 1. The Morgan fingerprint density at radius 1 is 1.33 bits per heavy atom. The topological polar surface area (TPSA) is 86.3 Å². The Morgan fingerprint density at radius 3 is 2.81 bits per heavy atom. The molecule has 0 N–H and O–H groups in total. The van der Waals surface area contributed by atoms with Gasteiger partial charge in [-0.25, -0.2) is 9.67 Å². The van der Waals surface area contributed by atoms with E-state index in [0.29, 0.717) is 16.6 Å². The zero-order chi connectivity index (χ0) is 19.0. The fourth-order valence-corrected chi connectivity index (χ4v) is 3.10. The smallest absolute Gasteiger partial charge is 0.269 e. The second-order valence-corrected chi connectivity index (χ2v) is 6.80. The molecule has 3 aromatic heterocycles. The highest BCUT2D eigenvalue weighted by atomic mass is 35.5. The first-order valence-electron chi connectivity index (χ1n) is 8.47. The lowest BCUT2D eigenvalue weighted by atomic mass is 10.1. The predicted molar refractivity (Wildman–Crippen MR) is 100 cm³/mol. The number of ether oxygens (including phenoxy) is 1. The maximum absolute atomic E-state index is 12.5. The molecule has 0 bridgehead atoms. The van der Waals surface area contributed by atoms with Gasteiger partial charge in [0.05, 0.1) is 24.5 Å². The van der Waals surface area contributed by atoms with Gasteiger partial charge < -0.3 is 14.2 Å². The molecular weight excluding hydrogens is 370 g/mol. The molecule has 1 aliphatic heterocycles. The van der Waals surface area contributed by atoms with Crippen LogP contribution >= 0.6 is 11.6 Å². The first-order valence-corrected chi connectivity index (χ1v) is 8.85. The third-order valence-electron chi connectivity index (χ3n) is 4.70. The first kappa shape index (κ1) is 17.7. The van der Waals surface area contributed by atoms with Crippen LogP contribution in [0.3, 0.4) is 0 Å². The van der Waals surface area contributed by atoms with Crippen molar-refractivity contribution in [3.8, 4) is 11.3 Å². The Bertz CT molecular complexity index is 1010.